The van der Waals surface area contributed by atoms with Gasteiger partial charge in [-0.15, -0.1) is 0 Å². The first-order chi connectivity index (χ1) is 9.31. The number of hydrogen-bond acceptors (Lipinski definition) is 6. The molecule has 2 aliphatic heterocycles. The van der Waals surface area contributed by atoms with Gasteiger partial charge in [-0.25, -0.2) is 4.79 Å². The Morgan fingerprint density at radius 1 is 1.05 bits per heavy atom. The molecule has 0 aromatic carbocycles. The van der Waals surface area contributed by atoms with Crippen molar-refractivity contribution in [1.82, 2.24) is 0 Å². The second kappa shape index (κ2) is 7.69. The van der Waals surface area contributed by atoms with Gasteiger partial charge in [0.25, 0.3) is 0 Å². The predicted molar refractivity (Wildman–Crippen MR) is 69.3 cm³/mol. The van der Waals surface area contributed by atoms with Gasteiger partial charge >= 0.3 is 20.2 Å². The molecule has 19 heavy (non-hydrogen) atoms. The molecule has 0 unspecified atom stereocenters. The third kappa shape index (κ3) is 4.35. The highest BCUT2D eigenvalue weighted by atomic mass is 16.6. The van der Waals surface area contributed by atoms with Gasteiger partial charge in [0.2, 0.25) is 0 Å². The first kappa shape index (κ1) is 14.6. The predicted octanol–water partition coefficient (Wildman–Crippen LogP) is 0.405. The van der Waals surface area contributed by atoms with Gasteiger partial charge in [0, 0.05) is 32.5 Å². The second-order valence-electron chi connectivity index (χ2n) is 4.25. The Morgan fingerprint density at radius 3 is 1.95 bits per heavy atom. The quantitative estimate of drug-likeness (QED) is 0.418. The van der Waals surface area contributed by atoms with E-state index in [0.717, 1.165) is 12.8 Å². The van der Waals surface area contributed by atoms with Gasteiger partial charge < -0.3 is 23.4 Å². The number of esters is 1. The first-order valence-electron chi connectivity index (χ1n) is 6.66. The summed E-state index contributed by atoms with van der Waals surface area (Å²) in [5.74, 6) is -0.437. The zero-order chi connectivity index (χ0) is 13.5. The summed E-state index contributed by atoms with van der Waals surface area (Å²) in [6.45, 7) is 4.46. The first-order valence-corrected chi connectivity index (χ1v) is 6.66. The van der Waals surface area contributed by atoms with E-state index in [9.17, 15) is 4.79 Å². The van der Waals surface area contributed by atoms with E-state index in [2.05, 4.69) is 0 Å². The molecule has 0 atom stereocenters. The van der Waals surface area contributed by atoms with Crippen LogP contribution in [0.1, 0.15) is 19.8 Å². The summed E-state index contributed by atoms with van der Waals surface area (Å²) in [5.41, 5.74) is 0. The topological polar surface area (TPSA) is 63.2 Å². The van der Waals surface area contributed by atoms with Gasteiger partial charge in [0.05, 0.1) is 6.61 Å². The number of ether oxygens (including phenoxy) is 1. The van der Waals surface area contributed by atoms with Crippen LogP contribution in [-0.2, 0) is 28.1 Å². The third-order valence-electron chi connectivity index (χ3n) is 2.77. The van der Waals surface area contributed by atoms with Gasteiger partial charge in [0.1, 0.15) is 0 Å². The summed E-state index contributed by atoms with van der Waals surface area (Å²) < 4.78 is 27.0. The Labute approximate surface area is 113 Å². The minimum atomic E-state index is -0.596. The lowest BCUT2D eigenvalue weighted by Crippen LogP contribution is -2.43. The third-order valence-corrected chi connectivity index (χ3v) is 2.77. The monoisotopic (exact) mass is 268 g/mol. The molecule has 0 aliphatic carbocycles. The van der Waals surface area contributed by atoms with E-state index in [1.807, 2.05) is 0 Å². The summed E-state index contributed by atoms with van der Waals surface area (Å²) in [5, 5.41) is 0.540. The maximum atomic E-state index is 11.6. The summed E-state index contributed by atoms with van der Waals surface area (Å²) in [6, 6.07) is 0. The van der Waals surface area contributed by atoms with Crippen molar-refractivity contribution in [3.8, 4) is 0 Å². The summed E-state index contributed by atoms with van der Waals surface area (Å²) in [7, 11) is -1.19. The molecule has 2 rings (SSSR count). The van der Waals surface area contributed by atoms with Crippen molar-refractivity contribution >= 4 is 20.2 Å². The minimum absolute atomic E-state index is 0.321. The van der Waals surface area contributed by atoms with E-state index in [1.165, 1.54) is 6.08 Å². The SMILES string of the molecule is CCOC(=O)C=C(B1OCCCO1)B1OCCCO1. The second-order valence-corrected chi connectivity index (χ2v) is 4.25. The van der Waals surface area contributed by atoms with E-state index in [1.54, 1.807) is 6.92 Å². The van der Waals surface area contributed by atoms with Gasteiger partial charge in [-0.1, -0.05) is 0 Å². The fourth-order valence-electron chi connectivity index (χ4n) is 1.93. The van der Waals surface area contributed by atoms with Crippen LogP contribution in [0.5, 0.6) is 0 Å². The normalized spacial score (nSPS) is 20.1. The van der Waals surface area contributed by atoms with E-state index in [0.29, 0.717) is 38.4 Å². The standard InChI is InChI=1S/C11H18B2O6/c1-2-15-11(14)9-10(12-16-5-3-6-17-12)13-18-7-4-8-19-13/h9H,2-8H2,1H3. The Hall–Kier alpha value is -0.820. The number of carbonyl (C=O) groups is 1. The van der Waals surface area contributed by atoms with Crippen LogP contribution in [0.25, 0.3) is 0 Å². The van der Waals surface area contributed by atoms with Crippen LogP contribution < -0.4 is 0 Å². The van der Waals surface area contributed by atoms with Gasteiger partial charge in [-0.3, -0.25) is 0 Å². The van der Waals surface area contributed by atoms with E-state index in [-0.39, 0.29) is 0 Å². The Kier molecular flexibility index (Phi) is 5.91. The summed E-state index contributed by atoms with van der Waals surface area (Å²) in [6.07, 6.45) is 3.04. The van der Waals surface area contributed by atoms with Crippen molar-refractivity contribution in [2.24, 2.45) is 0 Å². The van der Waals surface area contributed by atoms with Crippen LogP contribution in [0.15, 0.2) is 11.4 Å². The van der Waals surface area contributed by atoms with E-state index >= 15 is 0 Å². The Bertz CT molecular complexity index is 303. The molecule has 6 nitrogen and oxygen atoms in total. The Balaban J connectivity index is 2.08. The molecular formula is C11H18B2O6. The largest absolute Gasteiger partial charge is 0.485 e. The molecule has 8 heteroatoms. The Morgan fingerprint density at radius 2 is 1.53 bits per heavy atom. The average molecular weight is 268 g/mol. The number of carbonyl (C=O) groups excluding carboxylic acids is 1. The molecule has 0 aromatic rings. The van der Waals surface area contributed by atoms with Crippen LogP contribution in [0.3, 0.4) is 0 Å². The maximum Gasteiger partial charge on any atom is 0.485 e. The molecule has 0 N–H and O–H groups in total. The molecule has 2 heterocycles. The number of rotatable bonds is 4. The molecule has 0 amide bonds. The lowest BCUT2D eigenvalue weighted by atomic mass is 9.56. The minimum Gasteiger partial charge on any atom is -0.463 e. The zero-order valence-electron chi connectivity index (χ0n) is 11.1. The zero-order valence-corrected chi connectivity index (χ0v) is 11.1. The highest BCUT2D eigenvalue weighted by Crippen LogP contribution is 2.17. The van der Waals surface area contributed by atoms with Crippen molar-refractivity contribution in [3.05, 3.63) is 11.4 Å². The van der Waals surface area contributed by atoms with E-state index < -0.39 is 20.2 Å². The van der Waals surface area contributed by atoms with Crippen LogP contribution in [0.4, 0.5) is 0 Å². The van der Waals surface area contributed by atoms with Crippen LogP contribution in [-0.4, -0.2) is 53.2 Å². The fraction of sp³-hybridized carbons (Fsp3) is 0.727. The van der Waals surface area contributed by atoms with Crippen LogP contribution in [0, 0.1) is 0 Å². The van der Waals surface area contributed by atoms with Crippen molar-refractivity contribution in [1.29, 1.82) is 0 Å². The molecule has 104 valence electrons. The molecule has 0 aromatic heterocycles. The van der Waals surface area contributed by atoms with Crippen LogP contribution in [0.2, 0.25) is 0 Å². The summed E-state index contributed by atoms with van der Waals surface area (Å²) >= 11 is 0. The molecular weight excluding hydrogens is 250 g/mol. The van der Waals surface area contributed by atoms with Crippen molar-refractivity contribution in [2.45, 2.75) is 19.8 Å². The van der Waals surface area contributed by atoms with Crippen molar-refractivity contribution in [2.75, 3.05) is 33.0 Å². The molecule has 0 spiro atoms. The van der Waals surface area contributed by atoms with Crippen molar-refractivity contribution in [3.63, 3.8) is 0 Å². The van der Waals surface area contributed by atoms with Crippen molar-refractivity contribution < 1.29 is 28.1 Å². The maximum absolute atomic E-state index is 11.6. The molecule has 0 saturated carbocycles. The molecule has 2 saturated heterocycles. The highest BCUT2D eigenvalue weighted by molar-refractivity contribution is 6.78. The molecule has 0 radical (unpaired) electrons. The van der Waals surface area contributed by atoms with E-state index in [4.69, 9.17) is 23.4 Å². The highest BCUT2D eigenvalue weighted by Gasteiger charge is 2.39. The van der Waals surface area contributed by atoms with Gasteiger partial charge in [0.15, 0.2) is 0 Å². The molecule has 2 aliphatic rings. The van der Waals surface area contributed by atoms with Gasteiger partial charge in [-0.2, -0.15) is 0 Å². The average Bonchev–Trinajstić information content (AvgIpc) is 2.47. The molecule has 2 fully saturated rings. The lowest BCUT2D eigenvalue weighted by molar-refractivity contribution is -0.137. The molecule has 0 bridgehead atoms. The fourth-order valence-corrected chi connectivity index (χ4v) is 1.93. The summed E-state index contributed by atoms with van der Waals surface area (Å²) in [4.78, 5) is 11.6. The lowest BCUT2D eigenvalue weighted by Gasteiger charge is -2.27. The smallest absolute Gasteiger partial charge is 0.463 e. The van der Waals surface area contributed by atoms with Crippen LogP contribution >= 0.6 is 0 Å². The van der Waals surface area contributed by atoms with Gasteiger partial charge in [-0.05, 0) is 25.1 Å². The number of hydrogen-bond donors (Lipinski definition) is 0.